The molecule has 0 aliphatic heterocycles. The molecule has 9 nitrogen and oxygen atoms in total. The zero-order chi connectivity index (χ0) is 24.6. The van der Waals surface area contributed by atoms with Gasteiger partial charge in [-0.15, -0.1) is 0 Å². The van der Waals surface area contributed by atoms with E-state index < -0.39 is 0 Å². The topological polar surface area (TPSA) is 97.0 Å². The zero-order valence-electron chi connectivity index (χ0n) is 19.9. The van der Waals surface area contributed by atoms with Gasteiger partial charge in [-0.2, -0.15) is 0 Å². The molecule has 2 heterocycles. The molecule has 4 aromatic rings. The van der Waals surface area contributed by atoms with E-state index in [1.54, 1.807) is 51.9 Å². The second-order valence-corrected chi connectivity index (χ2v) is 7.87. The molecule has 0 radical (unpaired) electrons. The van der Waals surface area contributed by atoms with Gasteiger partial charge >= 0.3 is 5.69 Å². The van der Waals surface area contributed by atoms with E-state index in [1.165, 1.54) is 28.4 Å². The van der Waals surface area contributed by atoms with Gasteiger partial charge in [0.25, 0.3) is 0 Å². The summed E-state index contributed by atoms with van der Waals surface area (Å²) in [5.41, 5.74) is 2.75. The number of benzene rings is 2. The van der Waals surface area contributed by atoms with Crippen molar-refractivity contribution in [3.63, 3.8) is 0 Å². The summed E-state index contributed by atoms with van der Waals surface area (Å²) in [6, 6.07) is 8.39. The number of nitrogens with zero attached hydrogens (tertiary/aromatic N) is 3. The quantitative estimate of drug-likeness (QED) is 0.437. The molecule has 0 saturated heterocycles. The van der Waals surface area contributed by atoms with E-state index in [9.17, 15) is 9.90 Å². The molecule has 1 N–H and O–H groups in total. The van der Waals surface area contributed by atoms with Crippen molar-refractivity contribution < 1.29 is 24.1 Å². The largest absolute Gasteiger partial charge is 0.504 e. The number of pyridine rings is 1. The van der Waals surface area contributed by atoms with Crippen molar-refractivity contribution in [3.05, 3.63) is 53.2 Å². The first-order valence-electron chi connectivity index (χ1n) is 10.7. The van der Waals surface area contributed by atoms with E-state index in [2.05, 4.69) is 4.98 Å². The molecule has 9 heteroatoms. The molecule has 0 aliphatic rings. The average Bonchev–Trinajstić information content (AvgIpc) is 3.14. The van der Waals surface area contributed by atoms with Crippen LogP contribution < -0.4 is 24.6 Å². The predicted molar refractivity (Wildman–Crippen MR) is 129 cm³/mol. The van der Waals surface area contributed by atoms with Crippen LogP contribution in [-0.4, -0.2) is 47.7 Å². The number of fused-ring (bicyclic) bond motifs is 1. The molecule has 0 fully saturated rings. The Bertz CT molecular complexity index is 1420. The molecule has 0 saturated carbocycles. The molecule has 34 heavy (non-hydrogen) atoms. The summed E-state index contributed by atoms with van der Waals surface area (Å²) in [5.74, 6) is 1.38. The summed E-state index contributed by atoms with van der Waals surface area (Å²) in [7, 11) is 6.02. The Kier molecular flexibility index (Phi) is 6.10. The molecule has 0 bridgehead atoms. The highest BCUT2D eigenvalue weighted by atomic mass is 16.5. The first-order valence-corrected chi connectivity index (χ1v) is 10.7. The Morgan fingerprint density at radius 2 is 1.59 bits per heavy atom. The van der Waals surface area contributed by atoms with Gasteiger partial charge in [-0.1, -0.05) is 6.07 Å². The number of phenolic OH excluding ortho intramolecular Hbond substituents is 1. The Balaban J connectivity index is 2.20. The smallest absolute Gasteiger partial charge is 0.334 e. The van der Waals surface area contributed by atoms with E-state index in [4.69, 9.17) is 18.9 Å². The molecule has 0 atom stereocenters. The lowest BCUT2D eigenvalue weighted by Crippen LogP contribution is -2.25. The third-order valence-electron chi connectivity index (χ3n) is 5.71. The van der Waals surface area contributed by atoms with E-state index in [1.807, 2.05) is 13.8 Å². The number of hydrogen-bond donors (Lipinski definition) is 1. The summed E-state index contributed by atoms with van der Waals surface area (Å²) >= 11 is 0. The standard InChI is InChI=1S/C25H27N3O6/c1-14(2)27-18-13-26-10-9-16(18)28(25(27)30)17-12-21(32-4)23(33-5)24(34-6)22(17)15-7-8-20(31-3)19(29)11-15/h7-14,29H,1-6H3. The molecule has 0 unspecified atom stereocenters. The second kappa shape index (κ2) is 9.01. The molecule has 2 aromatic heterocycles. The number of aromatic nitrogens is 3. The molecule has 2 aromatic carbocycles. The average molecular weight is 466 g/mol. The highest BCUT2D eigenvalue weighted by Crippen LogP contribution is 2.49. The predicted octanol–water partition coefficient (Wildman–Crippen LogP) is 4.18. The lowest BCUT2D eigenvalue weighted by molar-refractivity contribution is 0.325. The van der Waals surface area contributed by atoms with Crippen molar-refractivity contribution in [3.8, 4) is 45.6 Å². The fraction of sp³-hybridized carbons (Fsp3) is 0.280. The van der Waals surface area contributed by atoms with E-state index in [-0.39, 0.29) is 17.5 Å². The maximum Gasteiger partial charge on any atom is 0.334 e. The lowest BCUT2D eigenvalue weighted by atomic mass is 10.00. The normalized spacial score (nSPS) is 11.1. The number of hydrogen-bond acceptors (Lipinski definition) is 7. The molecule has 0 aliphatic carbocycles. The highest BCUT2D eigenvalue weighted by molar-refractivity contribution is 5.88. The minimum absolute atomic E-state index is 0.0519. The summed E-state index contributed by atoms with van der Waals surface area (Å²) in [4.78, 5) is 18.0. The van der Waals surface area contributed by atoms with E-state index in [0.29, 0.717) is 50.8 Å². The van der Waals surface area contributed by atoms with Gasteiger partial charge in [-0.3, -0.25) is 14.1 Å². The summed E-state index contributed by atoms with van der Waals surface area (Å²) in [6.07, 6.45) is 3.31. The summed E-state index contributed by atoms with van der Waals surface area (Å²) < 4.78 is 25.5. The highest BCUT2D eigenvalue weighted by Gasteiger charge is 2.27. The number of aromatic hydroxyl groups is 1. The first kappa shape index (κ1) is 23.0. The maximum absolute atomic E-state index is 13.8. The summed E-state index contributed by atoms with van der Waals surface area (Å²) in [5, 5.41) is 10.5. The van der Waals surface area contributed by atoms with Crippen LogP contribution in [0.4, 0.5) is 0 Å². The molecular formula is C25H27N3O6. The van der Waals surface area contributed by atoms with Gasteiger partial charge in [0.15, 0.2) is 23.0 Å². The van der Waals surface area contributed by atoms with Crippen LogP contribution in [0.1, 0.15) is 19.9 Å². The third-order valence-corrected chi connectivity index (χ3v) is 5.71. The van der Waals surface area contributed by atoms with Crippen LogP contribution in [-0.2, 0) is 0 Å². The Labute approximate surface area is 196 Å². The van der Waals surface area contributed by atoms with Crippen LogP contribution in [0, 0.1) is 0 Å². The number of rotatable bonds is 7. The van der Waals surface area contributed by atoms with Gasteiger partial charge < -0.3 is 24.1 Å². The van der Waals surface area contributed by atoms with Crippen LogP contribution in [0.15, 0.2) is 47.5 Å². The van der Waals surface area contributed by atoms with Crippen LogP contribution in [0.2, 0.25) is 0 Å². The number of ether oxygens (including phenoxy) is 4. The van der Waals surface area contributed by atoms with Gasteiger partial charge in [0.2, 0.25) is 5.75 Å². The minimum Gasteiger partial charge on any atom is -0.504 e. The molecular weight excluding hydrogens is 438 g/mol. The van der Waals surface area contributed by atoms with Crippen LogP contribution in [0.25, 0.3) is 27.8 Å². The van der Waals surface area contributed by atoms with Crippen molar-refractivity contribution in [2.75, 3.05) is 28.4 Å². The van der Waals surface area contributed by atoms with E-state index in [0.717, 1.165) is 0 Å². The van der Waals surface area contributed by atoms with Crippen LogP contribution in [0.5, 0.6) is 28.7 Å². The first-order chi connectivity index (χ1) is 16.4. The second-order valence-electron chi connectivity index (χ2n) is 7.87. The van der Waals surface area contributed by atoms with Crippen LogP contribution >= 0.6 is 0 Å². The van der Waals surface area contributed by atoms with Crippen molar-refractivity contribution in [2.24, 2.45) is 0 Å². The Hall–Kier alpha value is -4.14. The molecule has 0 spiro atoms. The Morgan fingerprint density at radius 3 is 2.18 bits per heavy atom. The Morgan fingerprint density at radius 1 is 0.882 bits per heavy atom. The molecule has 4 rings (SSSR count). The van der Waals surface area contributed by atoms with Gasteiger partial charge in [-0.05, 0) is 37.6 Å². The molecule has 0 amide bonds. The minimum atomic E-state index is -0.244. The van der Waals surface area contributed by atoms with Crippen molar-refractivity contribution >= 4 is 11.0 Å². The van der Waals surface area contributed by atoms with Gasteiger partial charge in [0.1, 0.15) is 0 Å². The fourth-order valence-electron chi connectivity index (χ4n) is 4.24. The number of methoxy groups -OCH3 is 4. The maximum atomic E-state index is 13.8. The zero-order valence-corrected chi connectivity index (χ0v) is 19.9. The van der Waals surface area contributed by atoms with Crippen molar-refractivity contribution in [1.29, 1.82) is 0 Å². The third kappa shape index (κ3) is 3.49. The van der Waals surface area contributed by atoms with Crippen molar-refractivity contribution in [2.45, 2.75) is 19.9 Å². The van der Waals surface area contributed by atoms with Gasteiger partial charge in [-0.25, -0.2) is 4.79 Å². The van der Waals surface area contributed by atoms with Gasteiger partial charge in [0, 0.05) is 18.3 Å². The van der Waals surface area contributed by atoms with Gasteiger partial charge in [0.05, 0.1) is 56.9 Å². The monoisotopic (exact) mass is 465 g/mol. The number of phenols is 1. The van der Waals surface area contributed by atoms with E-state index >= 15 is 0 Å². The molecule has 178 valence electrons. The van der Waals surface area contributed by atoms with Crippen LogP contribution in [0.3, 0.4) is 0 Å². The fourth-order valence-corrected chi connectivity index (χ4v) is 4.24. The number of imidazole rings is 1. The lowest BCUT2D eigenvalue weighted by Gasteiger charge is -2.21. The summed E-state index contributed by atoms with van der Waals surface area (Å²) in [6.45, 7) is 3.88. The van der Waals surface area contributed by atoms with Crippen molar-refractivity contribution in [1.82, 2.24) is 14.1 Å². The SMILES string of the molecule is COc1ccc(-c2c(-n3c(=O)n(C(C)C)c4cnccc43)cc(OC)c(OC)c2OC)cc1O.